The van der Waals surface area contributed by atoms with Gasteiger partial charge in [-0.2, -0.15) is 0 Å². The lowest BCUT2D eigenvalue weighted by atomic mass is 9.93. The monoisotopic (exact) mass is 444 g/mol. The molecule has 4 rings (SSSR count). The molecular formula is C27H32N4O2. The molecule has 1 aromatic heterocycles. The Bertz CT molecular complexity index is 1020. The first-order valence-electron chi connectivity index (χ1n) is 11.6. The van der Waals surface area contributed by atoms with Crippen molar-refractivity contribution in [3.05, 3.63) is 84.2 Å². The van der Waals surface area contributed by atoms with Crippen molar-refractivity contribution in [2.75, 3.05) is 25.1 Å². The number of piperidine rings is 1. The van der Waals surface area contributed by atoms with E-state index in [2.05, 4.69) is 44.9 Å². The topological polar surface area (TPSA) is 58.6 Å². The highest BCUT2D eigenvalue weighted by atomic mass is 16.5. The average molecular weight is 445 g/mol. The lowest BCUT2D eigenvalue weighted by Crippen LogP contribution is -2.46. The molecule has 1 fully saturated rings. The maximum absolute atomic E-state index is 13.8. The Hall–Kier alpha value is -3.41. The van der Waals surface area contributed by atoms with Crippen molar-refractivity contribution >= 4 is 11.9 Å². The minimum Gasteiger partial charge on any atom is -0.496 e. The summed E-state index contributed by atoms with van der Waals surface area (Å²) in [4.78, 5) is 26.7. The summed E-state index contributed by atoms with van der Waals surface area (Å²) in [6, 6.07) is 20.2. The van der Waals surface area contributed by atoms with Crippen LogP contribution in [0, 0.1) is 5.92 Å². The van der Waals surface area contributed by atoms with E-state index in [1.54, 1.807) is 19.5 Å². The Kier molecular flexibility index (Phi) is 7.55. The average Bonchev–Trinajstić information content (AvgIpc) is 2.88. The number of ether oxygens (including phenoxy) is 1. The summed E-state index contributed by atoms with van der Waals surface area (Å²) in [6.45, 7) is 4.33. The van der Waals surface area contributed by atoms with Crippen molar-refractivity contribution in [2.24, 2.45) is 5.92 Å². The van der Waals surface area contributed by atoms with Gasteiger partial charge < -0.3 is 14.5 Å². The lowest BCUT2D eigenvalue weighted by molar-refractivity contribution is -0.139. The quantitative estimate of drug-likeness (QED) is 0.517. The number of amides is 1. The Morgan fingerprint density at radius 1 is 1.03 bits per heavy atom. The van der Waals surface area contributed by atoms with E-state index < -0.39 is 0 Å². The Balaban J connectivity index is 1.48. The summed E-state index contributed by atoms with van der Waals surface area (Å²) in [6.07, 6.45) is 5.90. The smallest absolute Gasteiger partial charge is 0.226 e. The first-order valence-corrected chi connectivity index (χ1v) is 11.6. The molecule has 1 aliphatic rings. The van der Waals surface area contributed by atoms with Crippen molar-refractivity contribution in [3.63, 3.8) is 0 Å². The van der Waals surface area contributed by atoms with Crippen LogP contribution in [0.15, 0.2) is 73.1 Å². The molecule has 0 aliphatic carbocycles. The van der Waals surface area contributed by atoms with E-state index in [1.165, 1.54) is 0 Å². The fourth-order valence-corrected chi connectivity index (χ4v) is 4.55. The molecule has 1 amide bonds. The van der Waals surface area contributed by atoms with Crippen LogP contribution in [0.25, 0.3) is 0 Å². The molecule has 1 saturated heterocycles. The van der Waals surface area contributed by atoms with E-state index in [1.807, 2.05) is 42.5 Å². The van der Waals surface area contributed by atoms with Gasteiger partial charge in [-0.25, -0.2) is 9.97 Å². The van der Waals surface area contributed by atoms with Crippen LogP contribution in [0.4, 0.5) is 5.95 Å². The first kappa shape index (κ1) is 22.8. The number of anilines is 1. The number of hydrogen-bond donors (Lipinski definition) is 0. The van der Waals surface area contributed by atoms with Gasteiger partial charge in [-0.05, 0) is 49.4 Å². The number of hydrogen-bond acceptors (Lipinski definition) is 5. The lowest BCUT2D eigenvalue weighted by Gasteiger charge is -2.37. The predicted octanol–water partition coefficient (Wildman–Crippen LogP) is 4.36. The van der Waals surface area contributed by atoms with Gasteiger partial charge in [0.15, 0.2) is 0 Å². The molecule has 0 N–H and O–H groups in total. The molecule has 0 saturated carbocycles. The highest BCUT2D eigenvalue weighted by Crippen LogP contribution is 2.26. The van der Waals surface area contributed by atoms with Gasteiger partial charge in [0.05, 0.1) is 7.11 Å². The largest absolute Gasteiger partial charge is 0.496 e. The third-order valence-corrected chi connectivity index (χ3v) is 6.40. The number of rotatable bonds is 8. The van der Waals surface area contributed by atoms with Crippen LogP contribution in [0.2, 0.25) is 0 Å². The van der Waals surface area contributed by atoms with Gasteiger partial charge in [0.25, 0.3) is 0 Å². The number of benzene rings is 2. The number of methoxy groups -OCH3 is 1. The maximum atomic E-state index is 13.8. The minimum absolute atomic E-state index is 0.00814. The number of carbonyl (C=O) groups is 1. The molecule has 33 heavy (non-hydrogen) atoms. The van der Waals surface area contributed by atoms with Gasteiger partial charge in [-0.15, -0.1) is 0 Å². The molecule has 172 valence electrons. The normalized spacial score (nSPS) is 15.2. The number of nitrogens with zero attached hydrogens (tertiary/aromatic N) is 4. The van der Waals surface area contributed by atoms with Crippen molar-refractivity contribution in [1.29, 1.82) is 0 Å². The van der Waals surface area contributed by atoms with Crippen LogP contribution in [0.1, 0.15) is 30.9 Å². The zero-order chi connectivity index (χ0) is 23.0. The SMILES string of the molecule is COc1ccccc1CC(C)N(Cc1ccccc1)C(=O)C1CCN(c2ncccn2)CC1. The van der Waals surface area contributed by atoms with Gasteiger partial charge in [-0.3, -0.25) is 4.79 Å². The van der Waals surface area contributed by atoms with E-state index >= 15 is 0 Å². The highest BCUT2D eigenvalue weighted by Gasteiger charge is 2.31. The van der Waals surface area contributed by atoms with Crippen molar-refractivity contribution in [2.45, 2.75) is 38.8 Å². The van der Waals surface area contributed by atoms with Crippen molar-refractivity contribution < 1.29 is 9.53 Å². The summed E-state index contributed by atoms with van der Waals surface area (Å²) in [7, 11) is 1.70. The van der Waals surface area contributed by atoms with Gasteiger partial charge in [0.2, 0.25) is 11.9 Å². The van der Waals surface area contributed by atoms with Crippen LogP contribution in [-0.2, 0) is 17.8 Å². The molecule has 6 heteroatoms. The maximum Gasteiger partial charge on any atom is 0.226 e. The van der Waals surface area contributed by atoms with Crippen molar-refractivity contribution in [3.8, 4) is 5.75 Å². The predicted molar refractivity (Wildman–Crippen MR) is 130 cm³/mol. The molecule has 1 atom stereocenters. The summed E-state index contributed by atoms with van der Waals surface area (Å²) in [5.74, 6) is 1.85. The fourth-order valence-electron chi connectivity index (χ4n) is 4.55. The number of para-hydroxylation sites is 1. The summed E-state index contributed by atoms with van der Waals surface area (Å²) >= 11 is 0. The second-order valence-corrected chi connectivity index (χ2v) is 8.63. The number of carbonyl (C=O) groups excluding carboxylic acids is 1. The molecule has 1 aliphatic heterocycles. The van der Waals surface area contributed by atoms with E-state index in [4.69, 9.17) is 4.74 Å². The van der Waals surface area contributed by atoms with Gasteiger partial charge in [0, 0.05) is 44.0 Å². The van der Waals surface area contributed by atoms with Crippen LogP contribution >= 0.6 is 0 Å². The highest BCUT2D eigenvalue weighted by molar-refractivity contribution is 5.79. The molecule has 0 bridgehead atoms. The van der Waals surface area contributed by atoms with Gasteiger partial charge in [-0.1, -0.05) is 48.5 Å². The van der Waals surface area contributed by atoms with E-state index in [9.17, 15) is 4.79 Å². The van der Waals surface area contributed by atoms with Crippen LogP contribution in [-0.4, -0.2) is 47.0 Å². The van der Waals surface area contributed by atoms with E-state index in [0.717, 1.165) is 55.2 Å². The Morgan fingerprint density at radius 3 is 2.39 bits per heavy atom. The van der Waals surface area contributed by atoms with Gasteiger partial charge >= 0.3 is 0 Å². The minimum atomic E-state index is 0.00814. The van der Waals surface area contributed by atoms with Gasteiger partial charge in [0.1, 0.15) is 5.75 Å². The molecule has 2 heterocycles. The Morgan fingerprint density at radius 2 is 1.70 bits per heavy atom. The summed E-state index contributed by atoms with van der Waals surface area (Å²) < 4.78 is 5.55. The zero-order valence-corrected chi connectivity index (χ0v) is 19.4. The molecule has 2 aromatic carbocycles. The first-order chi connectivity index (χ1) is 16.2. The second-order valence-electron chi connectivity index (χ2n) is 8.63. The van der Waals surface area contributed by atoms with Crippen LogP contribution in [0.3, 0.4) is 0 Å². The zero-order valence-electron chi connectivity index (χ0n) is 19.4. The second kappa shape index (κ2) is 10.9. The Labute approximate surface area is 196 Å². The standard InChI is InChI=1S/C27H32N4O2/c1-21(19-24-11-6-7-12-25(24)33-2)31(20-22-9-4-3-5-10-22)26(32)23-13-17-30(18-14-23)27-28-15-8-16-29-27/h3-12,15-16,21,23H,13-14,17-20H2,1-2H3. The summed E-state index contributed by atoms with van der Waals surface area (Å²) in [5, 5.41) is 0. The van der Waals surface area contributed by atoms with Crippen LogP contribution in [0.5, 0.6) is 5.75 Å². The van der Waals surface area contributed by atoms with Crippen LogP contribution < -0.4 is 9.64 Å². The molecule has 0 radical (unpaired) electrons. The third kappa shape index (κ3) is 5.69. The van der Waals surface area contributed by atoms with E-state index in [-0.39, 0.29) is 17.9 Å². The molecule has 3 aromatic rings. The molecule has 0 spiro atoms. The molecule has 1 unspecified atom stereocenters. The summed E-state index contributed by atoms with van der Waals surface area (Å²) in [5.41, 5.74) is 2.27. The van der Waals surface area contributed by atoms with Crippen molar-refractivity contribution in [1.82, 2.24) is 14.9 Å². The third-order valence-electron chi connectivity index (χ3n) is 6.40. The molecular weight excluding hydrogens is 412 g/mol. The number of aromatic nitrogens is 2. The fraction of sp³-hybridized carbons (Fsp3) is 0.370. The molecule has 6 nitrogen and oxygen atoms in total. The van der Waals surface area contributed by atoms with E-state index in [0.29, 0.717) is 6.54 Å².